The molecule has 2 aliphatic rings. The third kappa shape index (κ3) is 1.47. The SMILES string of the molecule is C[C@H]1[C@@H]2[CH-]O[C@@]1(CON)CO2.[U]. The molecule has 4 nitrogen and oxygen atoms in total. The summed E-state index contributed by atoms with van der Waals surface area (Å²) in [5.41, 5.74) is -0.306. The zero-order chi connectivity index (χ0) is 7.90. The van der Waals surface area contributed by atoms with Gasteiger partial charge in [0.25, 0.3) is 0 Å². The van der Waals surface area contributed by atoms with Crippen molar-refractivity contribution in [1.82, 2.24) is 0 Å². The summed E-state index contributed by atoms with van der Waals surface area (Å²) in [4.78, 5) is 4.59. The summed E-state index contributed by atoms with van der Waals surface area (Å²) in [7, 11) is 0. The fraction of sp³-hybridized carbons (Fsp3) is 0.857. The smallest absolute Gasteiger partial charge is 0.0966 e. The Kier molecular flexibility index (Phi) is 3.61. The van der Waals surface area contributed by atoms with Gasteiger partial charge in [-0.05, 0) is 12.0 Å². The van der Waals surface area contributed by atoms with Crippen molar-refractivity contribution < 1.29 is 45.4 Å². The maximum atomic E-state index is 5.44. The fourth-order valence-corrected chi connectivity index (χ4v) is 1.66. The van der Waals surface area contributed by atoms with Gasteiger partial charge >= 0.3 is 0 Å². The summed E-state index contributed by atoms with van der Waals surface area (Å²) in [6, 6.07) is 0. The molecule has 0 aromatic heterocycles. The Balaban J connectivity index is 0.000000720. The molecular formula is C7H12NO3U-. The van der Waals surface area contributed by atoms with Gasteiger partial charge in [-0.1, -0.05) is 6.92 Å². The Morgan fingerprint density at radius 3 is 2.83 bits per heavy atom. The first-order valence-electron chi connectivity index (χ1n) is 3.73. The summed E-state index contributed by atoms with van der Waals surface area (Å²) in [5.74, 6) is 5.35. The van der Waals surface area contributed by atoms with E-state index in [1.54, 1.807) is 6.61 Å². The third-order valence-electron chi connectivity index (χ3n) is 2.61. The zero-order valence-electron chi connectivity index (χ0n) is 6.95. The molecule has 2 aliphatic heterocycles. The van der Waals surface area contributed by atoms with Gasteiger partial charge < -0.3 is 14.3 Å². The molecule has 0 aliphatic carbocycles. The fourth-order valence-electron chi connectivity index (χ4n) is 1.66. The Morgan fingerprint density at radius 2 is 2.50 bits per heavy atom. The van der Waals surface area contributed by atoms with E-state index in [2.05, 4.69) is 11.8 Å². The van der Waals surface area contributed by atoms with Crippen LogP contribution in [0.5, 0.6) is 0 Å². The minimum atomic E-state index is -0.306. The van der Waals surface area contributed by atoms with E-state index < -0.39 is 0 Å². The summed E-state index contributed by atoms with van der Waals surface area (Å²) >= 11 is 0. The molecule has 0 radical (unpaired) electrons. The molecule has 0 spiro atoms. The molecule has 0 saturated carbocycles. The van der Waals surface area contributed by atoms with Crippen molar-refractivity contribution in [2.75, 3.05) is 13.2 Å². The molecule has 0 amide bonds. The van der Waals surface area contributed by atoms with E-state index in [-0.39, 0.29) is 42.8 Å². The summed E-state index contributed by atoms with van der Waals surface area (Å²) in [6.07, 6.45) is 0.130. The van der Waals surface area contributed by atoms with Crippen molar-refractivity contribution in [2.24, 2.45) is 11.8 Å². The quantitative estimate of drug-likeness (QED) is 0.521. The van der Waals surface area contributed by atoms with Crippen LogP contribution in [0.4, 0.5) is 0 Å². The first-order valence-corrected chi connectivity index (χ1v) is 3.73. The van der Waals surface area contributed by atoms with Gasteiger partial charge in [-0.15, -0.1) is 0 Å². The van der Waals surface area contributed by atoms with E-state index in [0.29, 0.717) is 19.1 Å². The molecule has 0 unspecified atom stereocenters. The van der Waals surface area contributed by atoms with Crippen molar-refractivity contribution >= 4 is 0 Å². The van der Waals surface area contributed by atoms with Crippen molar-refractivity contribution in [3.63, 3.8) is 0 Å². The third-order valence-corrected chi connectivity index (χ3v) is 2.61. The van der Waals surface area contributed by atoms with Crippen molar-refractivity contribution in [1.29, 1.82) is 0 Å². The Hall–Kier alpha value is 0.892. The van der Waals surface area contributed by atoms with Gasteiger partial charge in [0, 0.05) is 31.1 Å². The largest absolute Gasteiger partial charge is 0.541 e. The average Bonchev–Trinajstić information content (AvgIpc) is 2.46. The second-order valence-corrected chi connectivity index (χ2v) is 3.19. The van der Waals surface area contributed by atoms with E-state index in [1.165, 1.54) is 0 Å². The van der Waals surface area contributed by atoms with Crippen LogP contribution < -0.4 is 5.90 Å². The van der Waals surface area contributed by atoms with E-state index in [9.17, 15) is 0 Å². The Labute approximate surface area is 95.4 Å². The van der Waals surface area contributed by atoms with E-state index in [4.69, 9.17) is 15.4 Å². The van der Waals surface area contributed by atoms with E-state index in [0.717, 1.165) is 0 Å². The predicted molar refractivity (Wildman–Crippen MR) is 37.2 cm³/mol. The van der Waals surface area contributed by atoms with Gasteiger partial charge in [0.05, 0.1) is 18.8 Å². The second-order valence-electron chi connectivity index (χ2n) is 3.19. The van der Waals surface area contributed by atoms with Crippen LogP contribution in [0.25, 0.3) is 0 Å². The van der Waals surface area contributed by atoms with Crippen LogP contribution in [0.2, 0.25) is 0 Å². The van der Waals surface area contributed by atoms with Crippen LogP contribution >= 0.6 is 0 Å². The van der Waals surface area contributed by atoms with E-state index in [1.807, 2.05) is 0 Å². The number of hydrogen-bond acceptors (Lipinski definition) is 4. The molecule has 2 N–H and O–H groups in total. The molecule has 5 heteroatoms. The van der Waals surface area contributed by atoms with Crippen molar-refractivity contribution in [3.05, 3.63) is 6.61 Å². The minimum Gasteiger partial charge on any atom is -0.541 e. The van der Waals surface area contributed by atoms with Crippen molar-refractivity contribution in [2.45, 2.75) is 18.6 Å². The molecule has 2 heterocycles. The summed E-state index contributed by atoms with van der Waals surface area (Å²) < 4.78 is 10.8. The Morgan fingerprint density at radius 1 is 1.75 bits per heavy atom. The first-order chi connectivity index (χ1) is 5.28. The van der Waals surface area contributed by atoms with Gasteiger partial charge in [0.15, 0.2) is 0 Å². The molecule has 0 aromatic carbocycles. The van der Waals surface area contributed by atoms with Crippen LogP contribution in [0.3, 0.4) is 0 Å². The maximum Gasteiger partial charge on any atom is 0.0966 e. The molecule has 2 fully saturated rings. The molecular weight excluding hydrogens is 384 g/mol. The predicted octanol–water partition coefficient (Wildman–Crippen LogP) is -0.158. The van der Waals surface area contributed by atoms with Gasteiger partial charge in [0.2, 0.25) is 0 Å². The maximum absolute atomic E-state index is 5.44. The molecule has 2 saturated heterocycles. The summed E-state index contributed by atoms with van der Waals surface area (Å²) in [6.45, 7) is 4.81. The van der Waals surface area contributed by atoms with Crippen LogP contribution in [-0.2, 0) is 14.3 Å². The molecule has 12 heavy (non-hydrogen) atoms. The van der Waals surface area contributed by atoms with Gasteiger partial charge in [-0.3, -0.25) is 0 Å². The van der Waals surface area contributed by atoms with Crippen LogP contribution in [-0.4, -0.2) is 24.9 Å². The molecule has 3 atom stereocenters. The Bertz CT molecular complexity index is 159. The van der Waals surface area contributed by atoms with Crippen LogP contribution in [0, 0.1) is 43.6 Å². The average molecular weight is 396 g/mol. The monoisotopic (exact) mass is 396 g/mol. The normalized spacial score (nSPS) is 44.5. The molecule has 68 valence electrons. The number of hydrogen-bond donors (Lipinski definition) is 1. The molecule has 2 rings (SSSR count). The van der Waals surface area contributed by atoms with Gasteiger partial charge in [-0.25, -0.2) is 5.90 Å². The van der Waals surface area contributed by atoms with Crippen molar-refractivity contribution in [3.8, 4) is 0 Å². The number of nitrogens with two attached hydrogens (primary N) is 1. The molecule has 2 bridgehead atoms. The zero-order valence-corrected chi connectivity index (χ0v) is 11.1. The standard InChI is InChI=1S/C7H12NO3.U/c1-5-6-2-10-7(5,3-9-6)4-11-8;/h2,5-6H,3-4,8H2,1H3;/q-1;/t5-,6-,7+;/m0./s1. The second kappa shape index (κ2) is 3.95. The topological polar surface area (TPSA) is 53.7 Å². The number of ether oxygens (including phenoxy) is 2. The minimum absolute atomic E-state index is 0. The van der Waals surface area contributed by atoms with Crippen LogP contribution in [0.1, 0.15) is 6.92 Å². The van der Waals surface area contributed by atoms with Gasteiger partial charge in [0.1, 0.15) is 0 Å². The van der Waals surface area contributed by atoms with E-state index >= 15 is 0 Å². The first kappa shape index (κ1) is 11.0. The number of rotatable bonds is 2. The summed E-state index contributed by atoms with van der Waals surface area (Å²) in [5, 5.41) is 0. The van der Waals surface area contributed by atoms with Gasteiger partial charge in [-0.2, -0.15) is 6.61 Å². The van der Waals surface area contributed by atoms with Crippen LogP contribution in [0.15, 0.2) is 0 Å². The molecule has 0 aromatic rings. The number of fused-ring (bicyclic) bond motifs is 2.